The summed E-state index contributed by atoms with van der Waals surface area (Å²) in [4.78, 5) is 20.1. The maximum absolute atomic E-state index is 11.7. The van der Waals surface area contributed by atoms with Gasteiger partial charge in [-0.25, -0.2) is 0 Å². The normalized spacial score (nSPS) is 10.7. The number of nitrogens with two attached hydrogens (primary N) is 1. The van der Waals surface area contributed by atoms with Crippen molar-refractivity contribution >= 4 is 40.0 Å². The Balaban J connectivity index is 2.11. The van der Waals surface area contributed by atoms with Gasteiger partial charge in [0.2, 0.25) is 5.28 Å². The molecule has 0 unspecified atom stereocenters. The minimum absolute atomic E-state index is 0.107. The SMILES string of the molecule is COc1ccc(Nc2nc(Cl)nc3c2ccn3C)c(C(N)=O)c1. The maximum atomic E-state index is 11.7. The average Bonchev–Trinajstić information content (AvgIpc) is 2.89. The van der Waals surface area contributed by atoms with Crippen molar-refractivity contribution < 1.29 is 9.53 Å². The third-order valence-corrected chi connectivity index (χ3v) is 3.61. The Bertz CT molecular complexity index is 906. The molecule has 0 aliphatic rings. The number of methoxy groups -OCH3 is 1. The molecule has 23 heavy (non-hydrogen) atoms. The van der Waals surface area contributed by atoms with E-state index in [0.29, 0.717) is 28.5 Å². The van der Waals surface area contributed by atoms with Gasteiger partial charge in [-0.05, 0) is 35.9 Å². The van der Waals surface area contributed by atoms with E-state index in [0.717, 1.165) is 5.39 Å². The molecular weight excluding hydrogens is 318 g/mol. The van der Waals surface area contributed by atoms with Crippen LogP contribution in [0.2, 0.25) is 5.28 Å². The van der Waals surface area contributed by atoms with Crippen molar-refractivity contribution in [3.05, 3.63) is 41.3 Å². The number of amides is 1. The molecular formula is C15H14ClN5O2. The van der Waals surface area contributed by atoms with Crippen LogP contribution in [0.3, 0.4) is 0 Å². The lowest BCUT2D eigenvalue weighted by Gasteiger charge is -2.12. The van der Waals surface area contributed by atoms with Crippen LogP contribution in [0.1, 0.15) is 10.4 Å². The van der Waals surface area contributed by atoms with E-state index in [1.54, 1.807) is 18.2 Å². The molecule has 3 N–H and O–H groups in total. The van der Waals surface area contributed by atoms with Crippen molar-refractivity contribution in [3.63, 3.8) is 0 Å². The second kappa shape index (κ2) is 5.77. The molecule has 3 aromatic rings. The van der Waals surface area contributed by atoms with Gasteiger partial charge in [-0.2, -0.15) is 9.97 Å². The molecule has 0 saturated carbocycles. The van der Waals surface area contributed by atoms with Crippen LogP contribution < -0.4 is 15.8 Å². The number of fused-ring (bicyclic) bond motifs is 1. The van der Waals surface area contributed by atoms with Gasteiger partial charge >= 0.3 is 0 Å². The number of benzene rings is 1. The van der Waals surface area contributed by atoms with E-state index in [9.17, 15) is 4.79 Å². The van der Waals surface area contributed by atoms with Gasteiger partial charge in [0, 0.05) is 13.2 Å². The van der Waals surface area contributed by atoms with E-state index in [-0.39, 0.29) is 5.28 Å². The lowest BCUT2D eigenvalue weighted by molar-refractivity contribution is 0.100. The summed E-state index contributed by atoms with van der Waals surface area (Å²) in [6, 6.07) is 6.85. The average molecular weight is 332 g/mol. The van der Waals surface area contributed by atoms with Crippen molar-refractivity contribution in [2.24, 2.45) is 12.8 Å². The highest BCUT2D eigenvalue weighted by atomic mass is 35.5. The summed E-state index contributed by atoms with van der Waals surface area (Å²) in [6.07, 6.45) is 1.85. The number of nitrogens with zero attached hydrogens (tertiary/aromatic N) is 3. The number of carbonyl (C=O) groups excluding carboxylic acids is 1. The Hall–Kier alpha value is -2.80. The molecule has 8 heteroatoms. The van der Waals surface area contributed by atoms with Crippen molar-refractivity contribution in [1.82, 2.24) is 14.5 Å². The first-order valence-electron chi connectivity index (χ1n) is 6.73. The fraction of sp³-hybridized carbons (Fsp3) is 0.133. The zero-order chi connectivity index (χ0) is 16.6. The zero-order valence-corrected chi connectivity index (χ0v) is 13.3. The van der Waals surface area contributed by atoms with E-state index in [1.807, 2.05) is 23.9 Å². The predicted molar refractivity (Wildman–Crippen MR) is 88.3 cm³/mol. The molecule has 0 aliphatic carbocycles. The molecule has 0 atom stereocenters. The van der Waals surface area contributed by atoms with E-state index >= 15 is 0 Å². The van der Waals surface area contributed by atoms with Gasteiger partial charge in [0.05, 0.1) is 23.7 Å². The fourth-order valence-corrected chi connectivity index (χ4v) is 2.46. The first-order valence-corrected chi connectivity index (χ1v) is 7.11. The Kier molecular flexibility index (Phi) is 3.79. The predicted octanol–water partition coefficient (Wildman–Crippen LogP) is 2.47. The van der Waals surface area contributed by atoms with Crippen LogP contribution in [0.5, 0.6) is 5.75 Å². The van der Waals surface area contributed by atoms with Crippen LogP contribution >= 0.6 is 11.6 Å². The number of hydrogen-bond donors (Lipinski definition) is 2. The lowest BCUT2D eigenvalue weighted by atomic mass is 10.1. The minimum atomic E-state index is -0.573. The number of rotatable bonds is 4. The highest BCUT2D eigenvalue weighted by molar-refractivity contribution is 6.28. The van der Waals surface area contributed by atoms with Crippen LogP contribution in [0, 0.1) is 0 Å². The molecule has 3 rings (SSSR count). The van der Waals surface area contributed by atoms with E-state index in [1.165, 1.54) is 7.11 Å². The van der Waals surface area contributed by atoms with Crippen molar-refractivity contribution in [2.45, 2.75) is 0 Å². The summed E-state index contributed by atoms with van der Waals surface area (Å²) in [5, 5.41) is 3.99. The fourth-order valence-electron chi connectivity index (χ4n) is 2.30. The summed E-state index contributed by atoms with van der Waals surface area (Å²) in [7, 11) is 3.38. The van der Waals surface area contributed by atoms with Crippen molar-refractivity contribution in [2.75, 3.05) is 12.4 Å². The molecule has 7 nitrogen and oxygen atoms in total. The molecule has 0 spiro atoms. The molecule has 1 aromatic carbocycles. The number of halogens is 1. The monoisotopic (exact) mass is 331 g/mol. The summed E-state index contributed by atoms with van der Waals surface area (Å²) < 4.78 is 6.95. The molecule has 0 aliphatic heterocycles. The first-order chi connectivity index (χ1) is 11.0. The highest BCUT2D eigenvalue weighted by Gasteiger charge is 2.14. The quantitative estimate of drug-likeness (QED) is 0.716. The van der Waals surface area contributed by atoms with Gasteiger partial charge in [-0.15, -0.1) is 0 Å². The van der Waals surface area contributed by atoms with Crippen LogP contribution in [-0.4, -0.2) is 27.6 Å². The van der Waals surface area contributed by atoms with Gasteiger partial charge < -0.3 is 20.4 Å². The van der Waals surface area contributed by atoms with Crippen LogP contribution in [0.25, 0.3) is 11.0 Å². The highest BCUT2D eigenvalue weighted by Crippen LogP contribution is 2.29. The number of anilines is 2. The second-order valence-electron chi connectivity index (χ2n) is 4.91. The number of carbonyl (C=O) groups is 1. The molecule has 0 saturated heterocycles. The molecule has 0 fully saturated rings. The molecule has 0 radical (unpaired) electrons. The Morgan fingerprint density at radius 2 is 2.13 bits per heavy atom. The minimum Gasteiger partial charge on any atom is -0.497 e. The van der Waals surface area contributed by atoms with Gasteiger partial charge in [-0.3, -0.25) is 4.79 Å². The molecule has 118 valence electrons. The summed E-state index contributed by atoms with van der Waals surface area (Å²) in [5.74, 6) is 0.457. The molecule has 0 bridgehead atoms. The maximum Gasteiger partial charge on any atom is 0.250 e. The zero-order valence-electron chi connectivity index (χ0n) is 12.5. The summed E-state index contributed by atoms with van der Waals surface area (Å²) in [5.41, 5.74) is 6.93. The Morgan fingerprint density at radius 3 is 2.83 bits per heavy atom. The standard InChI is InChI=1S/C15H14ClN5O2/c1-21-6-5-9-13(19-15(16)20-14(9)21)18-11-4-3-8(23-2)7-10(11)12(17)22/h3-7H,1-2H3,(H2,17,22)(H,18,19,20). The Labute approximate surface area is 137 Å². The van der Waals surface area contributed by atoms with Gasteiger partial charge in [0.25, 0.3) is 5.91 Å². The van der Waals surface area contributed by atoms with Gasteiger partial charge in [-0.1, -0.05) is 0 Å². The first kappa shape index (κ1) is 15.1. The molecule has 2 aromatic heterocycles. The van der Waals surface area contributed by atoms with Crippen LogP contribution in [0.4, 0.5) is 11.5 Å². The number of aromatic nitrogens is 3. The van der Waals surface area contributed by atoms with Crippen LogP contribution in [0.15, 0.2) is 30.5 Å². The summed E-state index contributed by atoms with van der Waals surface area (Å²) >= 11 is 5.98. The van der Waals surface area contributed by atoms with Crippen LogP contribution in [-0.2, 0) is 7.05 Å². The van der Waals surface area contributed by atoms with Gasteiger partial charge in [0.1, 0.15) is 17.2 Å². The number of hydrogen-bond acceptors (Lipinski definition) is 5. The Morgan fingerprint density at radius 1 is 1.35 bits per heavy atom. The number of nitrogens with one attached hydrogen (secondary N) is 1. The number of primary amides is 1. The van der Waals surface area contributed by atoms with E-state index in [2.05, 4.69) is 15.3 Å². The molecule has 1 amide bonds. The summed E-state index contributed by atoms with van der Waals surface area (Å²) in [6.45, 7) is 0. The van der Waals surface area contributed by atoms with Crippen molar-refractivity contribution in [1.29, 1.82) is 0 Å². The smallest absolute Gasteiger partial charge is 0.250 e. The van der Waals surface area contributed by atoms with Crippen molar-refractivity contribution in [3.8, 4) is 5.75 Å². The largest absolute Gasteiger partial charge is 0.497 e. The van der Waals surface area contributed by atoms with E-state index < -0.39 is 5.91 Å². The number of aryl methyl sites for hydroxylation is 1. The molecule has 2 heterocycles. The third-order valence-electron chi connectivity index (χ3n) is 3.44. The topological polar surface area (TPSA) is 95.1 Å². The lowest BCUT2D eigenvalue weighted by Crippen LogP contribution is -2.14. The second-order valence-corrected chi connectivity index (χ2v) is 5.24. The third kappa shape index (κ3) is 2.78. The van der Waals surface area contributed by atoms with Gasteiger partial charge in [0.15, 0.2) is 0 Å². The number of ether oxygens (including phenoxy) is 1. The van der Waals surface area contributed by atoms with E-state index in [4.69, 9.17) is 22.1 Å².